The molecule has 33 heavy (non-hydrogen) atoms. The van der Waals surface area contributed by atoms with Crippen molar-refractivity contribution < 1.29 is 19.1 Å². The van der Waals surface area contributed by atoms with E-state index in [4.69, 9.17) is 14.5 Å². The Morgan fingerprint density at radius 2 is 1.97 bits per heavy atom. The van der Waals surface area contributed by atoms with Crippen LogP contribution in [0.1, 0.15) is 36.0 Å². The molecule has 0 spiro atoms. The number of anilines is 1. The van der Waals surface area contributed by atoms with Crippen molar-refractivity contribution in [1.29, 1.82) is 0 Å². The molecule has 2 amide bonds. The van der Waals surface area contributed by atoms with Crippen LogP contribution in [0.5, 0.6) is 5.75 Å². The molecular weight excluding hydrogens is 422 g/mol. The normalized spacial score (nSPS) is 18.3. The second kappa shape index (κ2) is 8.55. The Labute approximate surface area is 192 Å². The van der Waals surface area contributed by atoms with Crippen molar-refractivity contribution in [3.05, 3.63) is 30.0 Å². The van der Waals surface area contributed by atoms with Crippen LogP contribution in [0.15, 0.2) is 24.4 Å². The third kappa shape index (κ3) is 3.76. The van der Waals surface area contributed by atoms with Crippen molar-refractivity contribution in [1.82, 2.24) is 19.0 Å². The maximum absolute atomic E-state index is 13.1. The van der Waals surface area contributed by atoms with E-state index in [9.17, 15) is 9.59 Å². The van der Waals surface area contributed by atoms with Crippen LogP contribution in [0.25, 0.3) is 22.6 Å². The first kappa shape index (κ1) is 21.5. The highest BCUT2D eigenvalue weighted by Crippen LogP contribution is 2.37. The molecule has 0 unspecified atom stereocenters. The van der Waals surface area contributed by atoms with E-state index in [1.807, 2.05) is 52.5 Å². The van der Waals surface area contributed by atoms with Gasteiger partial charge in [-0.3, -0.25) is 9.59 Å². The van der Waals surface area contributed by atoms with Crippen LogP contribution in [-0.2, 0) is 23.6 Å². The number of nitrogens with one attached hydrogen (secondary N) is 1. The molecule has 0 aliphatic carbocycles. The van der Waals surface area contributed by atoms with E-state index in [1.54, 1.807) is 7.11 Å². The molecule has 1 aromatic carbocycles. The average Bonchev–Trinajstić information content (AvgIpc) is 3.60. The van der Waals surface area contributed by atoms with Crippen LogP contribution < -0.4 is 10.1 Å². The van der Waals surface area contributed by atoms with Gasteiger partial charge in [-0.05, 0) is 43.9 Å². The summed E-state index contributed by atoms with van der Waals surface area (Å²) >= 11 is 0. The highest BCUT2D eigenvalue weighted by atomic mass is 16.5. The fourth-order valence-electron chi connectivity index (χ4n) is 4.81. The summed E-state index contributed by atoms with van der Waals surface area (Å²) < 4.78 is 15.1. The fourth-order valence-corrected chi connectivity index (χ4v) is 4.81. The van der Waals surface area contributed by atoms with Gasteiger partial charge in [-0.2, -0.15) is 0 Å². The van der Waals surface area contributed by atoms with E-state index in [-0.39, 0.29) is 17.9 Å². The maximum Gasteiger partial charge on any atom is 0.259 e. The monoisotopic (exact) mass is 451 g/mol. The number of fused-ring (bicyclic) bond motifs is 1. The number of aromatic nitrogens is 3. The maximum atomic E-state index is 13.1. The minimum absolute atomic E-state index is 0.0101. The number of hydrogen-bond acceptors (Lipinski definition) is 5. The first-order valence-electron chi connectivity index (χ1n) is 11.4. The van der Waals surface area contributed by atoms with E-state index >= 15 is 0 Å². The van der Waals surface area contributed by atoms with Gasteiger partial charge in [-0.1, -0.05) is 0 Å². The Bertz CT molecular complexity index is 1220. The van der Waals surface area contributed by atoms with Gasteiger partial charge in [0.15, 0.2) is 11.6 Å². The number of hydrogen-bond donors (Lipinski definition) is 1. The van der Waals surface area contributed by atoms with E-state index in [1.165, 1.54) is 0 Å². The summed E-state index contributed by atoms with van der Waals surface area (Å²) in [6.07, 6.45) is 5.14. The second-order valence-corrected chi connectivity index (χ2v) is 8.72. The van der Waals surface area contributed by atoms with Crippen LogP contribution in [0.4, 0.5) is 5.69 Å². The number of carbonyl (C=O) groups excluding carboxylic acids is 2. The van der Waals surface area contributed by atoms with Gasteiger partial charge < -0.3 is 28.8 Å². The zero-order valence-corrected chi connectivity index (χ0v) is 19.3. The van der Waals surface area contributed by atoms with Crippen molar-refractivity contribution in [3.8, 4) is 17.3 Å². The van der Waals surface area contributed by atoms with Gasteiger partial charge in [0.1, 0.15) is 17.4 Å². The van der Waals surface area contributed by atoms with Crippen molar-refractivity contribution in [2.45, 2.75) is 31.8 Å². The summed E-state index contributed by atoms with van der Waals surface area (Å²) in [4.78, 5) is 32.2. The lowest BCUT2D eigenvalue weighted by Crippen LogP contribution is -2.27. The van der Waals surface area contributed by atoms with Crippen LogP contribution >= 0.6 is 0 Å². The van der Waals surface area contributed by atoms with Gasteiger partial charge >= 0.3 is 0 Å². The van der Waals surface area contributed by atoms with Crippen molar-refractivity contribution >= 4 is 28.5 Å². The molecule has 2 aliphatic rings. The number of aryl methyl sites for hydroxylation is 2. The van der Waals surface area contributed by atoms with E-state index in [0.29, 0.717) is 29.4 Å². The van der Waals surface area contributed by atoms with Gasteiger partial charge in [-0.25, -0.2) is 4.98 Å². The summed E-state index contributed by atoms with van der Waals surface area (Å²) in [5, 5.41) is 2.94. The molecule has 1 N–H and O–H groups in total. The highest BCUT2D eigenvalue weighted by Gasteiger charge is 2.29. The molecule has 4 heterocycles. The number of carbonyl (C=O) groups is 2. The number of ether oxygens (including phenoxy) is 2. The van der Waals surface area contributed by atoms with Crippen molar-refractivity contribution in [3.63, 3.8) is 0 Å². The standard InChI is InChI=1S/C24H29N5O4/c1-27-14-16(24(31)29-10-4-5-11-29)21(32-3)20(27)22-26-17-13-15(8-9-18(17)28(22)2)25-23(30)19-7-6-12-33-19/h8-9,13-14,19H,4-7,10-12H2,1-3H3,(H,25,30)/t19-/m1/s1. The molecular formula is C24H29N5O4. The lowest BCUT2D eigenvalue weighted by molar-refractivity contribution is -0.124. The SMILES string of the molecule is COc1c(C(=O)N2CCCC2)cn(C)c1-c1nc2cc(NC(=O)[C@H]3CCCO3)ccc2n1C. The van der Waals surface area contributed by atoms with Crippen molar-refractivity contribution in [2.75, 3.05) is 32.1 Å². The predicted octanol–water partition coefficient (Wildman–Crippen LogP) is 2.94. The number of methoxy groups -OCH3 is 1. The van der Waals surface area contributed by atoms with E-state index in [0.717, 1.165) is 55.5 Å². The minimum Gasteiger partial charge on any atom is -0.494 e. The van der Waals surface area contributed by atoms with E-state index < -0.39 is 0 Å². The van der Waals surface area contributed by atoms with Crippen LogP contribution in [-0.4, -0.2) is 63.7 Å². The second-order valence-electron chi connectivity index (χ2n) is 8.72. The summed E-state index contributed by atoms with van der Waals surface area (Å²) in [7, 11) is 5.41. The molecule has 2 aliphatic heterocycles. The van der Waals surface area contributed by atoms with Gasteiger partial charge in [0.25, 0.3) is 11.8 Å². The molecule has 2 fully saturated rings. The lowest BCUT2D eigenvalue weighted by atomic mass is 10.2. The molecule has 0 saturated carbocycles. The number of amides is 2. The quantitative estimate of drug-likeness (QED) is 0.644. The predicted molar refractivity (Wildman–Crippen MR) is 124 cm³/mol. The first-order chi connectivity index (χ1) is 16.0. The molecule has 1 atom stereocenters. The fraction of sp³-hybridized carbons (Fsp3) is 0.458. The molecule has 0 bridgehead atoms. The Kier molecular flexibility index (Phi) is 5.57. The molecule has 5 rings (SSSR count). The average molecular weight is 452 g/mol. The minimum atomic E-state index is -0.390. The van der Waals surface area contributed by atoms with Gasteiger partial charge in [0.05, 0.1) is 18.1 Å². The number of rotatable bonds is 5. The largest absolute Gasteiger partial charge is 0.494 e. The third-order valence-corrected chi connectivity index (χ3v) is 6.55. The number of likely N-dealkylation sites (tertiary alicyclic amines) is 1. The molecule has 9 heteroatoms. The topological polar surface area (TPSA) is 90.6 Å². The molecule has 174 valence electrons. The molecule has 0 radical (unpaired) electrons. The van der Waals surface area contributed by atoms with Crippen LogP contribution in [0.2, 0.25) is 0 Å². The highest BCUT2D eigenvalue weighted by molar-refractivity contribution is 6.00. The summed E-state index contributed by atoms with van der Waals surface area (Å²) in [6.45, 7) is 2.18. The number of nitrogens with zero attached hydrogens (tertiary/aromatic N) is 4. The number of imidazole rings is 1. The molecule has 2 saturated heterocycles. The Morgan fingerprint density at radius 1 is 1.18 bits per heavy atom. The van der Waals surface area contributed by atoms with Crippen LogP contribution in [0.3, 0.4) is 0 Å². The summed E-state index contributed by atoms with van der Waals surface area (Å²) in [5.41, 5.74) is 3.62. The summed E-state index contributed by atoms with van der Waals surface area (Å²) in [6, 6.07) is 5.66. The molecule has 2 aromatic heterocycles. The zero-order valence-electron chi connectivity index (χ0n) is 19.3. The third-order valence-electron chi connectivity index (χ3n) is 6.55. The summed E-state index contributed by atoms with van der Waals surface area (Å²) in [5.74, 6) is 1.08. The molecule has 3 aromatic rings. The van der Waals surface area contributed by atoms with E-state index in [2.05, 4.69) is 5.32 Å². The van der Waals surface area contributed by atoms with Gasteiger partial charge in [-0.15, -0.1) is 0 Å². The van der Waals surface area contributed by atoms with Gasteiger partial charge in [0.2, 0.25) is 0 Å². The van der Waals surface area contributed by atoms with Crippen molar-refractivity contribution in [2.24, 2.45) is 14.1 Å². The number of benzene rings is 1. The Hall–Kier alpha value is -3.33. The van der Waals surface area contributed by atoms with Crippen LogP contribution in [0, 0.1) is 0 Å². The molecule has 9 nitrogen and oxygen atoms in total. The Morgan fingerprint density at radius 3 is 2.67 bits per heavy atom. The van der Waals surface area contributed by atoms with Gasteiger partial charge in [0, 0.05) is 45.7 Å². The lowest BCUT2D eigenvalue weighted by Gasteiger charge is -2.15. The first-order valence-corrected chi connectivity index (χ1v) is 11.4. The zero-order chi connectivity index (χ0) is 23.1. The Balaban J connectivity index is 1.50. The smallest absolute Gasteiger partial charge is 0.259 e.